The molecule has 1 aromatic heterocycles. The smallest absolute Gasteiger partial charge is 0.263 e. The number of rotatable bonds is 2. The van der Waals surface area contributed by atoms with Crippen molar-refractivity contribution in [2.24, 2.45) is 0 Å². The standard InChI is InChI=1S/C9H8ClNO3S/c1-14-7-4-2-3-6-8(15(10,12)13)5-11-9(6)7/h2-5,11H,1H3. The summed E-state index contributed by atoms with van der Waals surface area (Å²) in [4.78, 5) is 2.89. The van der Waals surface area contributed by atoms with E-state index < -0.39 is 9.05 Å². The molecule has 15 heavy (non-hydrogen) atoms. The van der Waals surface area contributed by atoms with Gasteiger partial charge in [0.2, 0.25) is 0 Å². The van der Waals surface area contributed by atoms with Crippen molar-refractivity contribution in [2.45, 2.75) is 4.90 Å². The molecular formula is C9H8ClNO3S. The molecule has 0 fully saturated rings. The third-order valence-electron chi connectivity index (χ3n) is 2.12. The van der Waals surface area contributed by atoms with Gasteiger partial charge in [-0.15, -0.1) is 0 Å². The van der Waals surface area contributed by atoms with Gasteiger partial charge in [-0.1, -0.05) is 12.1 Å². The first-order valence-electron chi connectivity index (χ1n) is 4.13. The number of para-hydroxylation sites is 1. The number of methoxy groups -OCH3 is 1. The highest BCUT2D eigenvalue weighted by molar-refractivity contribution is 8.14. The van der Waals surface area contributed by atoms with Crippen LogP contribution >= 0.6 is 10.7 Å². The normalized spacial score (nSPS) is 11.9. The molecule has 0 radical (unpaired) electrons. The largest absolute Gasteiger partial charge is 0.495 e. The van der Waals surface area contributed by atoms with E-state index in [0.717, 1.165) is 0 Å². The molecular weight excluding hydrogens is 238 g/mol. The third kappa shape index (κ3) is 1.68. The van der Waals surface area contributed by atoms with Gasteiger partial charge in [-0.3, -0.25) is 0 Å². The fourth-order valence-corrected chi connectivity index (χ4v) is 2.49. The lowest BCUT2D eigenvalue weighted by atomic mass is 10.2. The predicted octanol–water partition coefficient (Wildman–Crippen LogP) is 2.10. The van der Waals surface area contributed by atoms with E-state index in [2.05, 4.69) is 4.98 Å². The predicted molar refractivity (Wildman–Crippen MR) is 57.9 cm³/mol. The molecule has 6 heteroatoms. The summed E-state index contributed by atoms with van der Waals surface area (Å²) in [7, 11) is 3.08. The summed E-state index contributed by atoms with van der Waals surface area (Å²) in [6.07, 6.45) is 1.36. The molecule has 0 saturated heterocycles. The zero-order valence-electron chi connectivity index (χ0n) is 7.82. The van der Waals surface area contributed by atoms with Crippen LogP contribution in [0.15, 0.2) is 29.3 Å². The highest BCUT2D eigenvalue weighted by atomic mass is 35.7. The molecule has 2 aromatic rings. The molecule has 0 atom stereocenters. The zero-order valence-corrected chi connectivity index (χ0v) is 9.39. The molecule has 0 amide bonds. The van der Waals surface area contributed by atoms with Crippen molar-refractivity contribution in [1.29, 1.82) is 0 Å². The van der Waals surface area contributed by atoms with Crippen LogP contribution in [0.3, 0.4) is 0 Å². The second-order valence-electron chi connectivity index (χ2n) is 2.97. The first-order chi connectivity index (χ1) is 7.04. The molecule has 4 nitrogen and oxygen atoms in total. The van der Waals surface area contributed by atoms with E-state index >= 15 is 0 Å². The Kier molecular flexibility index (Phi) is 2.36. The number of halogens is 1. The molecule has 0 aliphatic heterocycles. The lowest BCUT2D eigenvalue weighted by Crippen LogP contribution is -1.88. The Balaban J connectivity index is 2.83. The van der Waals surface area contributed by atoms with Crippen LogP contribution in [-0.2, 0) is 9.05 Å². The number of hydrogen-bond donors (Lipinski definition) is 1. The summed E-state index contributed by atoms with van der Waals surface area (Å²) in [5, 5.41) is 0.532. The number of hydrogen-bond acceptors (Lipinski definition) is 3. The summed E-state index contributed by atoms with van der Waals surface area (Å²) in [6, 6.07) is 5.12. The van der Waals surface area contributed by atoms with E-state index in [4.69, 9.17) is 15.4 Å². The van der Waals surface area contributed by atoms with Gasteiger partial charge in [0.1, 0.15) is 10.6 Å². The summed E-state index contributed by atoms with van der Waals surface area (Å²) in [5.41, 5.74) is 0.624. The fourth-order valence-electron chi connectivity index (χ4n) is 1.47. The Morgan fingerprint density at radius 2 is 2.13 bits per heavy atom. The quantitative estimate of drug-likeness (QED) is 0.825. The van der Waals surface area contributed by atoms with Gasteiger partial charge in [-0.25, -0.2) is 8.42 Å². The molecule has 0 saturated carbocycles. The second-order valence-corrected chi connectivity index (χ2v) is 5.51. The van der Waals surface area contributed by atoms with Gasteiger partial charge in [0, 0.05) is 22.3 Å². The van der Waals surface area contributed by atoms with Crippen LogP contribution in [0, 0.1) is 0 Å². The van der Waals surface area contributed by atoms with Gasteiger partial charge < -0.3 is 9.72 Å². The van der Waals surface area contributed by atoms with E-state index in [-0.39, 0.29) is 4.90 Å². The summed E-state index contributed by atoms with van der Waals surface area (Å²) in [5.74, 6) is 0.582. The monoisotopic (exact) mass is 245 g/mol. The first-order valence-corrected chi connectivity index (χ1v) is 6.43. The average molecular weight is 246 g/mol. The maximum atomic E-state index is 11.2. The van der Waals surface area contributed by atoms with E-state index in [9.17, 15) is 8.42 Å². The number of benzene rings is 1. The van der Waals surface area contributed by atoms with Gasteiger partial charge >= 0.3 is 0 Å². The van der Waals surface area contributed by atoms with E-state index in [0.29, 0.717) is 16.7 Å². The Bertz CT molecular complexity index is 603. The van der Waals surface area contributed by atoms with Crippen molar-refractivity contribution in [3.05, 3.63) is 24.4 Å². The number of aromatic amines is 1. The number of ether oxygens (including phenoxy) is 1. The van der Waals surface area contributed by atoms with E-state index in [1.807, 2.05) is 0 Å². The van der Waals surface area contributed by atoms with Gasteiger partial charge in [-0.05, 0) is 6.07 Å². The van der Waals surface area contributed by atoms with E-state index in [1.54, 1.807) is 18.2 Å². The van der Waals surface area contributed by atoms with Crippen LogP contribution in [0.25, 0.3) is 10.9 Å². The maximum absolute atomic E-state index is 11.2. The SMILES string of the molecule is COc1cccc2c(S(=O)(=O)Cl)c[nH]c12. The topological polar surface area (TPSA) is 59.2 Å². The molecule has 1 heterocycles. The molecule has 2 rings (SSSR count). The van der Waals surface area contributed by atoms with Crippen LogP contribution < -0.4 is 4.74 Å². The van der Waals surface area contributed by atoms with Gasteiger partial charge in [0.15, 0.2) is 0 Å². The summed E-state index contributed by atoms with van der Waals surface area (Å²) in [6.45, 7) is 0. The van der Waals surface area contributed by atoms with E-state index in [1.165, 1.54) is 13.3 Å². The van der Waals surface area contributed by atoms with Crippen LogP contribution in [0.2, 0.25) is 0 Å². The fraction of sp³-hybridized carbons (Fsp3) is 0.111. The molecule has 80 valence electrons. The molecule has 1 N–H and O–H groups in total. The van der Waals surface area contributed by atoms with Crippen LogP contribution in [0.4, 0.5) is 0 Å². The van der Waals surface area contributed by atoms with Crippen LogP contribution in [-0.4, -0.2) is 20.5 Å². The molecule has 0 aliphatic carbocycles. The van der Waals surface area contributed by atoms with Crippen molar-refractivity contribution in [3.8, 4) is 5.75 Å². The number of fused-ring (bicyclic) bond motifs is 1. The summed E-state index contributed by atoms with van der Waals surface area (Å²) >= 11 is 0. The number of nitrogens with one attached hydrogen (secondary N) is 1. The lowest BCUT2D eigenvalue weighted by molar-refractivity contribution is 0.419. The first kappa shape index (κ1) is 10.3. The molecule has 0 aliphatic rings. The van der Waals surface area contributed by atoms with Crippen LogP contribution in [0.1, 0.15) is 0 Å². The van der Waals surface area contributed by atoms with Crippen molar-refractivity contribution in [2.75, 3.05) is 7.11 Å². The minimum atomic E-state index is -3.73. The zero-order chi connectivity index (χ0) is 11.1. The Labute approximate surface area is 91.2 Å². The Morgan fingerprint density at radius 3 is 2.73 bits per heavy atom. The molecule has 0 spiro atoms. The highest BCUT2D eigenvalue weighted by Crippen LogP contribution is 2.30. The minimum Gasteiger partial charge on any atom is -0.495 e. The number of H-pyrrole nitrogens is 1. The lowest BCUT2D eigenvalue weighted by Gasteiger charge is -2.00. The molecule has 0 bridgehead atoms. The van der Waals surface area contributed by atoms with Crippen LogP contribution in [0.5, 0.6) is 5.75 Å². The van der Waals surface area contributed by atoms with Crippen molar-refractivity contribution >= 4 is 30.6 Å². The van der Waals surface area contributed by atoms with Crippen molar-refractivity contribution < 1.29 is 13.2 Å². The highest BCUT2D eigenvalue weighted by Gasteiger charge is 2.17. The minimum absolute atomic E-state index is 0.0677. The molecule has 0 unspecified atom stereocenters. The molecule has 1 aromatic carbocycles. The third-order valence-corrected chi connectivity index (χ3v) is 3.48. The average Bonchev–Trinajstić information content (AvgIpc) is 2.59. The Morgan fingerprint density at radius 1 is 1.40 bits per heavy atom. The second kappa shape index (κ2) is 3.43. The maximum Gasteiger partial charge on any atom is 0.263 e. The van der Waals surface area contributed by atoms with Crippen molar-refractivity contribution in [1.82, 2.24) is 4.98 Å². The van der Waals surface area contributed by atoms with Gasteiger partial charge in [0.05, 0.1) is 12.6 Å². The van der Waals surface area contributed by atoms with Gasteiger partial charge in [0.25, 0.3) is 9.05 Å². The van der Waals surface area contributed by atoms with Crippen molar-refractivity contribution in [3.63, 3.8) is 0 Å². The Hall–Kier alpha value is -1.20. The number of aromatic nitrogens is 1. The summed E-state index contributed by atoms with van der Waals surface area (Å²) < 4.78 is 27.5. The van der Waals surface area contributed by atoms with Gasteiger partial charge in [-0.2, -0.15) is 0 Å².